The van der Waals surface area contributed by atoms with Crippen LogP contribution >= 0.6 is 0 Å². The molecule has 0 aromatic heterocycles. The molecule has 1 saturated heterocycles. The first-order valence-corrected chi connectivity index (χ1v) is 5.71. The first kappa shape index (κ1) is 12.0. The number of hydrogen-bond donors (Lipinski definition) is 3. The van der Waals surface area contributed by atoms with Crippen LogP contribution in [0.25, 0.3) is 0 Å². The number of aliphatic hydroxyl groups is 1. The fourth-order valence-electron chi connectivity index (χ4n) is 2.00. The average molecular weight is 200 g/mol. The predicted octanol–water partition coefficient (Wildman–Crippen LogP) is 0.877. The lowest BCUT2D eigenvalue weighted by Gasteiger charge is -2.30. The molecule has 3 N–H and O–H groups in total. The molecule has 0 bridgehead atoms. The van der Waals surface area contributed by atoms with E-state index >= 15 is 0 Å². The van der Waals surface area contributed by atoms with E-state index in [0.29, 0.717) is 6.04 Å². The molecule has 0 spiro atoms. The molecule has 1 rings (SSSR count). The smallest absolute Gasteiger partial charge is 0.0784 e. The maximum Gasteiger partial charge on any atom is 0.0784 e. The molecule has 0 saturated carbocycles. The molecule has 1 aliphatic rings. The lowest BCUT2D eigenvalue weighted by molar-refractivity contribution is 0.0176. The van der Waals surface area contributed by atoms with Gasteiger partial charge in [-0.2, -0.15) is 0 Å². The Hall–Kier alpha value is -0.120. The van der Waals surface area contributed by atoms with Crippen molar-refractivity contribution in [2.24, 2.45) is 0 Å². The molecule has 0 radical (unpaired) electrons. The van der Waals surface area contributed by atoms with Gasteiger partial charge in [-0.3, -0.25) is 0 Å². The van der Waals surface area contributed by atoms with Gasteiger partial charge in [0.05, 0.1) is 5.60 Å². The SMILES string of the molecule is CC(C)NCCC(C)(O)C1CCCN1. The van der Waals surface area contributed by atoms with Gasteiger partial charge in [-0.1, -0.05) is 13.8 Å². The Morgan fingerprint density at radius 1 is 1.57 bits per heavy atom. The standard InChI is InChI=1S/C11H24N2O/c1-9(2)12-8-6-11(3,14)10-5-4-7-13-10/h9-10,12-14H,4-8H2,1-3H3. The minimum Gasteiger partial charge on any atom is -0.389 e. The van der Waals surface area contributed by atoms with Crippen LogP contribution < -0.4 is 10.6 Å². The molecule has 0 amide bonds. The molecule has 2 unspecified atom stereocenters. The zero-order chi connectivity index (χ0) is 10.6. The van der Waals surface area contributed by atoms with Crippen LogP contribution in [0.5, 0.6) is 0 Å². The summed E-state index contributed by atoms with van der Waals surface area (Å²) in [6.07, 6.45) is 3.12. The van der Waals surface area contributed by atoms with Crippen LogP contribution in [0, 0.1) is 0 Å². The van der Waals surface area contributed by atoms with Crippen molar-refractivity contribution in [3.63, 3.8) is 0 Å². The van der Waals surface area contributed by atoms with E-state index in [2.05, 4.69) is 24.5 Å². The van der Waals surface area contributed by atoms with Crippen molar-refractivity contribution in [1.29, 1.82) is 0 Å². The van der Waals surface area contributed by atoms with Crippen LogP contribution in [0.4, 0.5) is 0 Å². The molecule has 1 heterocycles. The van der Waals surface area contributed by atoms with E-state index in [1.54, 1.807) is 0 Å². The molecule has 1 fully saturated rings. The first-order valence-electron chi connectivity index (χ1n) is 5.71. The molecular formula is C11H24N2O. The summed E-state index contributed by atoms with van der Waals surface area (Å²) in [6.45, 7) is 8.14. The van der Waals surface area contributed by atoms with Crippen molar-refractivity contribution in [2.75, 3.05) is 13.1 Å². The Kier molecular flexibility index (Phi) is 4.35. The van der Waals surface area contributed by atoms with Crippen LogP contribution in [-0.4, -0.2) is 35.9 Å². The van der Waals surface area contributed by atoms with Crippen LogP contribution in [0.15, 0.2) is 0 Å². The minimum atomic E-state index is -0.557. The molecule has 1 aliphatic heterocycles. The topological polar surface area (TPSA) is 44.3 Å². The van der Waals surface area contributed by atoms with Crippen LogP contribution in [0.3, 0.4) is 0 Å². The predicted molar refractivity (Wildman–Crippen MR) is 59.4 cm³/mol. The summed E-state index contributed by atoms with van der Waals surface area (Å²) in [5.41, 5.74) is -0.557. The molecule has 14 heavy (non-hydrogen) atoms. The number of rotatable bonds is 5. The zero-order valence-corrected chi connectivity index (χ0v) is 9.64. The fraction of sp³-hybridized carbons (Fsp3) is 1.00. The highest BCUT2D eigenvalue weighted by Crippen LogP contribution is 2.21. The highest BCUT2D eigenvalue weighted by atomic mass is 16.3. The largest absolute Gasteiger partial charge is 0.389 e. The van der Waals surface area contributed by atoms with Crippen molar-refractivity contribution >= 4 is 0 Å². The quantitative estimate of drug-likeness (QED) is 0.617. The lowest BCUT2D eigenvalue weighted by atomic mass is 9.91. The Balaban J connectivity index is 2.25. The third-order valence-corrected chi connectivity index (χ3v) is 2.99. The van der Waals surface area contributed by atoms with Gasteiger partial charge in [0, 0.05) is 12.1 Å². The van der Waals surface area contributed by atoms with Crippen LogP contribution in [0.1, 0.15) is 40.0 Å². The second-order valence-corrected chi connectivity index (χ2v) is 4.86. The van der Waals surface area contributed by atoms with E-state index < -0.39 is 5.60 Å². The van der Waals surface area contributed by atoms with Crippen LogP contribution in [-0.2, 0) is 0 Å². The van der Waals surface area contributed by atoms with Gasteiger partial charge in [-0.05, 0) is 39.3 Å². The second-order valence-electron chi connectivity index (χ2n) is 4.86. The molecule has 84 valence electrons. The third-order valence-electron chi connectivity index (χ3n) is 2.99. The van der Waals surface area contributed by atoms with E-state index in [4.69, 9.17) is 0 Å². The Bertz CT molecular complexity index is 163. The number of hydrogen-bond acceptors (Lipinski definition) is 3. The summed E-state index contributed by atoms with van der Waals surface area (Å²) in [5.74, 6) is 0. The number of nitrogens with one attached hydrogen (secondary N) is 2. The van der Waals surface area contributed by atoms with E-state index in [-0.39, 0.29) is 6.04 Å². The van der Waals surface area contributed by atoms with Crippen molar-refractivity contribution in [3.05, 3.63) is 0 Å². The Morgan fingerprint density at radius 3 is 2.79 bits per heavy atom. The van der Waals surface area contributed by atoms with Gasteiger partial charge in [-0.25, -0.2) is 0 Å². The molecule has 0 aromatic carbocycles. The van der Waals surface area contributed by atoms with E-state index in [1.807, 2.05) is 6.92 Å². The van der Waals surface area contributed by atoms with Crippen molar-refractivity contribution < 1.29 is 5.11 Å². The van der Waals surface area contributed by atoms with Gasteiger partial charge >= 0.3 is 0 Å². The van der Waals surface area contributed by atoms with Gasteiger partial charge in [0.25, 0.3) is 0 Å². The van der Waals surface area contributed by atoms with Crippen molar-refractivity contribution in [3.8, 4) is 0 Å². The monoisotopic (exact) mass is 200 g/mol. The molecular weight excluding hydrogens is 176 g/mol. The summed E-state index contributed by atoms with van der Waals surface area (Å²) < 4.78 is 0. The second kappa shape index (κ2) is 5.10. The summed E-state index contributed by atoms with van der Waals surface area (Å²) in [4.78, 5) is 0. The minimum absolute atomic E-state index is 0.288. The van der Waals surface area contributed by atoms with Gasteiger partial charge < -0.3 is 15.7 Å². The van der Waals surface area contributed by atoms with Gasteiger partial charge in [0.15, 0.2) is 0 Å². The normalized spacial score (nSPS) is 26.8. The molecule has 0 aliphatic carbocycles. The first-order chi connectivity index (χ1) is 6.52. The molecule has 0 aromatic rings. The van der Waals surface area contributed by atoms with Crippen molar-refractivity contribution in [2.45, 2.75) is 57.7 Å². The third kappa shape index (κ3) is 3.56. The summed E-state index contributed by atoms with van der Waals surface area (Å²) in [7, 11) is 0. The van der Waals surface area contributed by atoms with Gasteiger partial charge in [0.1, 0.15) is 0 Å². The van der Waals surface area contributed by atoms with Crippen LogP contribution in [0.2, 0.25) is 0 Å². The Morgan fingerprint density at radius 2 is 2.29 bits per heavy atom. The van der Waals surface area contributed by atoms with Crippen molar-refractivity contribution in [1.82, 2.24) is 10.6 Å². The maximum atomic E-state index is 10.2. The Labute approximate surface area is 87.3 Å². The molecule has 3 heteroatoms. The summed E-state index contributed by atoms with van der Waals surface area (Å²) in [5, 5.41) is 16.9. The maximum absolute atomic E-state index is 10.2. The summed E-state index contributed by atoms with van der Waals surface area (Å²) in [6, 6.07) is 0.791. The average Bonchev–Trinajstić information content (AvgIpc) is 2.54. The zero-order valence-electron chi connectivity index (χ0n) is 9.64. The lowest BCUT2D eigenvalue weighted by Crippen LogP contribution is -2.47. The van der Waals surface area contributed by atoms with Gasteiger partial charge in [-0.15, -0.1) is 0 Å². The van der Waals surface area contributed by atoms with E-state index in [9.17, 15) is 5.11 Å². The van der Waals surface area contributed by atoms with E-state index in [1.165, 1.54) is 6.42 Å². The highest BCUT2D eigenvalue weighted by molar-refractivity contribution is 4.91. The molecule has 2 atom stereocenters. The summed E-state index contributed by atoms with van der Waals surface area (Å²) >= 11 is 0. The van der Waals surface area contributed by atoms with E-state index in [0.717, 1.165) is 25.9 Å². The van der Waals surface area contributed by atoms with Gasteiger partial charge in [0.2, 0.25) is 0 Å². The fourth-order valence-corrected chi connectivity index (χ4v) is 2.00. The highest BCUT2D eigenvalue weighted by Gasteiger charge is 2.33. The molecule has 3 nitrogen and oxygen atoms in total.